The first kappa shape index (κ1) is 15.2. The van der Waals surface area contributed by atoms with Crippen LogP contribution in [-0.4, -0.2) is 29.8 Å². The van der Waals surface area contributed by atoms with Gasteiger partial charge in [-0.15, -0.1) is 0 Å². The van der Waals surface area contributed by atoms with Crippen molar-refractivity contribution in [1.82, 2.24) is 0 Å². The molecule has 19 heavy (non-hydrogen) atoms. The summed E-state index contributed by atoms with van der Waals surface area (Å²) >= 11 is 9.29. The molecule has 2 rings (SSSR count). The first-order valence-electron chi connectivity index (χ1n) is 6.33. The van der Waals surface area contributed by atoms with Gasteiger partial charge in [-0.1, -0.05) is 39.7 Å². The number of alkyl halides is 2. The van der Waals surface area contributed by atoms with Gasteiger partial charge in [0.1, 0.15) is 12.3 Å². The number of halogens is 3. The van der Waals surface area contributed by atoms with E-state index in [1.165, 1.54) is 0 Å². The minimum atomic E-state index is -0.676. The van der Waals surface area contributed by atoms with E-state index >= 15 is 0 Å². The summed E-state index contributed by atoms with van der Waals surface area (Å²) in [6.45, 7) is 0.0485. The second kappa shape index (κ2) is 6.53. The van der Waals surface area contributed by atoms with Gasteiger partial charge in [0.25, 0.3) is 0 Å². The van der Waals surface area contributed by atoms with Crippen LogP contribution in [0.1, 0.15) is 18.4 Å². The topological polar surface area (TPSA) is 29.5 Å². The molecule has 3 unspecified atom stereocenters. The summed E-state index contributed by atoms with van der Waals surface area (Å²) in [5.74, 6) is 0.139. The molecule has 106 valence electrons. The van der Waals surface area contributed by atoms with Crippen molar-refractivity contribution in [2.45, 2.75) is 23.3 Å². The lowest BCUT2D eigenvalue weighted by molar-refractivity contribution is -0.115. The van der Waals surface area contributed by atoms with Crippen molar-refractivity contribution in [3.8, 4) is 0 Å². The summed E-state index contributed by atoms with van der Waals surface area (Å²) in [6, 6.07) is 7.34. The fourth-order valence-electron chi connectivity index (χ4n) is 2.50. The predicted molar refractivity (Wildman–Crippen MR) is 77.6 cm³/mol. The van der Waals surface area contributed by atoms with Gasteiger partial charge in [0.05, 0.1) is 11.4 Å². The third-order valence-corrected chi connectivity index (χ3v) is 4.97. The molecule has 1 saturated heterocycles. The summed E-state index contributed by atoms with van der Waals surface area (Å²) in [4.78, 5) is -0.402. The van der Waals surface area contributed by atoms with Crippen molar-refractivity contribution < 1.29 is 14.2 Å². The summed E-state index contributed by atoms with van der Waals surface area (Å²) in [5.41, 5.74) is 0.248. The fourth-order valence-corrected chi connectivity index (χ4v) is 3.25. The van der Waals surface area contributed by atoms with Gasteiger partial charge in [-0.25, -0.2) is 4.39 Å². The van der Waals surface area contributed by atoms with Crippen LogP contribution in [0.25, 0.3) is 0 Å². The predicted octanol–water partition coefficient (Wildman–Crippen LogP) is 3.69. The lowest BCUT2D eigenvalue weighted by Gasteiger charge is -2.43. The summed E-state index contributed by atoms with van der Waals surface area (Å²) in [5, 5.41) is 9.83. The molecule has 0 aliphatic carbocycles. The molecule has 0 amide bonds. The Morgan fingerprint density at radius 2 is 2.16 bits per heavy atom. The van der Waals surface area contributed by atoms with Crippen LogP contribution >= 0.6 is 27.5 Å². The van der Waals surface area contributed by atoms with Crippen LogP contribution in [0.5, 0.6) is 0 Å². The number of ether oxygens (including phenoxy) is 1. The van der Waals surface area contributed by atoms with Crippen molar-refractivity contribution in [3.05, 3.63) is 34.9 Å². The average molecular weight is 352 g/mol. The Balaban J connectivity index is 2.28. The van der Waals surface area contributed by atoms with Crippen molar-refractivity contribution in [1.29, 1.82) is 0 Å². The Bertz CT molecular complexity index is 404. The molecule has 2 nitrogen and oxygen atoms in total. The van der Waals surface area contributed by atoms with Gasteiger partial charge in [-0.3, -0.25) is 0 Å². The quantitative estimate of drug-likeness (QED) is 0.838. The number of aliphatic hydroxyl groups excluding tert-OH is 1. The highest BCUT2D eigenvalue weighted by Gasteiger charge is 2.43. The smallest absolute Gasteiger partial charge is 0.108 e. The van der Waals surface area contributed by atoms with E-state index < -0.39 is 17.1 Å². The molecule has 1 aromatic carbocycles. The van der Waals surface area contributed by atoms with Crippen LogP contribution in [0.4, 0.5) is 4.39 Å². The van der Waals surface area contributed by atoms with E-state index in [0.29, 0.717) is 18.1 Å². The summed E-state index contributed by atoms with van der Waals surface area (Å²) in [6.07, 6.45) is 1.50. The van der Waals surface area contributed by atoms with Gasteiger partial charge >= 0.3 is 0 Å². The molecule has 3 atom stereocenters. The van der Waals surface area contributed by atoms with Gasteiger partial charge in [0.2, 0.25) is 0 Å². The highest BCUT2D eigenvalue weighted by atomic mass is 79.9. The SMILES string of the molecule is OCC1CCC(c2ccc(Cl)cc2)(C(Br)CF)OC1. The van der Waals surface area contributed by atoms with Crippen LogP contribution in [0.3, 0.4) is 0 Å². The lowest BCUT2D eigenvalue weighted by Crippen LogP contribution is -2.45. The molecule has 0 radical (unpaired) electrons. The monoisotopic (exact) mass is 350 g/mol. The highest BCUT2D eigenvalue weighted by molar-refractivity contribution is 9.09. The van der Waals surface area contributed by atoms with Crippen molar-refractivity contribution in [3.63, 3.8) is 0 Å². The number of benzene rings is 1. The van der Waals surface area contributed by atoms with Crippen molar-refractivity contribution >= 4 is 27.5 Å². The van der Waals surface area contributed by atoms with Gasteiger partial charge in [-0.05, 0) is 30.5 Å². The molecule has 1 aromatic rings. The maximum absolute atomic E-state index is 13.2. The Labute approximate surface area is 126 Å². The van der Waals surface area contributed by atoms with E-state index in [2.05, 4.69) is 15.9 Å². The molecule has 1 heterocycles. The minimum Gasteiger partial charge on any atom is -0.396 e. The maximum Gasteiger partial charge on any atom is 0.108 e. The molecular weight excluding hydrogens is 335 g/mol. The van der Waals surface area contributed by atoms with E-state index in [0.717, 1.165) is 12.0 Å². The second-order valence-electron chi connectivity index (χ2n) is 4.92. The molecule has 1 N–H and O–H groups in total. The van der Waals surface area contributed by atoms with E-state index in [9.17, 15) is 9.50 Å². The normalized spacial score (nSPS) is 29.2. The molecule has 0 aromatic heterocycles. The second-order valence-corrected chi connectivity index (χ2v) is 6.46. The molecule has 1 aliphatic rings. The van der Waals surface area contributed by atoms with Crippen LogP contribution in [0.15, 0.2) is 24.3 Å². The Morgan fingerprint density at radius 3 is 2.63 bits per heavy atom. The Morgan fingerprint density at radius 1 is 1.47 bits per heavy atom. The Hall–Kier alpha value is -0.160. The van der Waals surface area contributed by atoms with E-state index in [4.69, 9.17) is 16.3 Å². The lowest BCUT2D eigenvalue weighted by atomic mass is 9.81. The van der Waals surface area contributed by atoms with Gasteiger partial charge in [0.15, 0.2) is 0 Å². The van der Waals surface area contributed by atoms with Crippen molar-refractivity contribution in [2.75, 3.05) is 19.9 Å². The number of aliphatic hydroxyl groups is 1. The zero-order valence-electron chi connectivity index (χ0n) is 10.5. The standard InChI is InChI=1S/C14H17BrClFO2/c15-13(7-17)14(6-5-10(8-18)9-19-14)11-1-3-12(16)4-2-11/h1-4,10,13,18H,5-9H2. The number of hydrogen-bond donors (Lipinski definition) is 1. The van der Waals surface area contributed by atoms with E-state index in [1.54, 1.807) is 12.1 Å². The molecule has 1 fully saturated rings. The number of hydrogen-bond acceptors (Lipinski definition) is 2. The number of rotatable bonds is 4. The fraction of sp³-hybridized carbons (Fsp3) is 0.571. The molecule has 1 aliphatic heterocycles. The van der Waals surface area contributed by atoms with Gasteiger partial charge in [-0.2, -0.15) is 0 Å². The Kier molecular flexibility index (Phi) is 5.23. The first-order chi connectivity index (χ1) is 9.12. The molecule has 0 bridgehead atoms. The third-order valence-electron chi connectivity index (χ3n) is 3.73. The molecule has 0 spiro atoms. The van der Waals surface area contributed by atoms with Gasteiger partial charge < -0.3 is 9.84 Å². The largest absolute Gasteiger partial charge is 0.396 e. The molecular formula is C14H17BrClFO2. The molecule has 5 heteroatoms. The molecule has 0 saturated carbocycles. The van der Waals surface area contributed by atoms with Crippen LogP contribution in [0, 0.1) is 5.92 Å². The maximum atomic E-state index is 13.2. The zero-order chi connectivity index (χ0) is 13.9. The van der Waals surface area contributed by atoms with Crippen LogP contribution in [0.2, 0.25) is 5.02 Å². The van der Waals surface area contributed by atoms with E-state index in [-0.39, 0.29) is 12.5 Å². The van der Waals surface area contributed by atoms with E-state index in [1.807, 2.05) is 12.1 Å². The van der Waals surface area contributed by atoms with Crippen LogP contribution in [-0.2, 0) is 10.3 Å². The van der Waals surface area contributed by atoms with Crippen molar-refractivity contribution in [2.24, 2.45) is 5.92 Å². The first-order valence-corrected chi connectivity index (χ1v) is 7.62. The van der Waals surface area contributed by atoms with Crippen LogP contribution < -0.4 is 0 Å². The summed E-state index contributed by atoms with van der Waals surface area (Å²) < 4.78 is 19.1. The highest BCUT2D eigenvalue weighted by Crippen LogP contribution is 2.43. The minimum absolute atomic E-state index is 0.110. The average Bonchev–Trinajstić information content (AvgIpc) is 2.47. The summed E-state index contributed by atoms with van der Waals surface area (Å²) in [7, 11) is 0. The third kappa shape index (κ3) is 3.13. The van der Waals surface area contributed by atoms with Gasteiger partial charge in [0, 0.05) is 17.5 Å². The zero-order valence-corrected chi connectivity index (χ0v) is 12.8.